The minimum absolute atomic E-state index is 0.163. The molecule has 0 saturated heterocycles. The van der Waals surface area contributed by atoms with Crippen molar-refractivity contribution >= 4 is 5.97 Å². The molecule has 1 aromatic heterocycles. The molecule has 2 N–H and O–H groups in total. The van der Waals surface area contributed by atoms with Crippen molar-refractivity contribution in [2.75, 3.05) is 6.54 Å². The average Bonchev–Trinajstić information content (AvgIpc) is 2.40. The van der Waals surface area contributed by atoms with Crippen LogP contribution in [-0.2, 0) is 11.3 Å². The molecule has 0 aliphatic heterocycles. The fourth-order valence-corrected chi connectivity index (χ4v) is 2.68. The zero-order chi connectivity index (χ0) is 12.8. The van der Waals surface area contributed by atoms with Crippen molar-refractivity contribution in [3.63, 3.8) is 0 Å². The molecule has 2 unspecified atom stereocenters. The second-order valence-electron chi connectivity index (χ2n) is 4.98. The Morgan fingerprint density at radius 2 is 2.06 bits per heavy atom. The fraction of sp³-hybridized carbons (Fsp3) is 0.571. The fourth-order valence-electron chi connectivity index (χ4n) is 2.68. The Kier molecular flexibility index (Phi) is 4.70. The van der Waals surface area contributed by atoms with E-state index >= 15 is 0 Å². The smallest absolute Gasteiger partial charge is 0.306 e. The molecule has 2 rings (SSSR count). The summed E-state index contributed by atoms with van der Waals surface area (Å²) in [5.74, 6) is -0.521. The Hall–Kier alpha value is -1.42. The molecule has 0 bridgehead atoms. The van der Waals surface area contributed by atoms with Gasteiger partial charge in [0.25, 0.3) is 0 Å². The highest BCUT2D eigenvalue weighted by Gasteiger charge is 2.30. The number of rotatable bonds is 5. The average molecular weight is 248 g/mol. The van der Waals surface area contributed by atoms with E-state index in [-0.39, 0.29) is 11.8 Å². The molecule has 0 amide bonds. The minimum Gasteiger partial charge on any atom is -0.481 e. The predicted octanol–water partition coefficient (Wildman–Crippen LogP) is 2.06. The molecular formula is C14H20N2O2. The minimum atomic E-state index is -0.634. The lowest BCUT2D eigenvalue weighted by Crippen LogP contribution is -2.34. The van der Waals surface area contributed by atoms with E-state index in [1.165, 1.54) is 5.56 Å². The maximum Gasteiger partial charge on any atom is 0.306 e. The molecular weight excluding hydrogens is 228 g/mol. The second-order valence-corrected chi connectivity index (χ2v) is 4.98. The number of nitrogens with one attached hydrogen (secondary N) is 1. The molecule has 2 atom stereocenters. The van der Waals surface area contributed by atoms with Gasteiger partial charge < -0.3 is 10.4 Å². The van der Waals surface area contributed by atoms with E-state index in [9.17, 15) is 9.90 Å². The van der Waals surface area contributed by atoms with Crippen molar-refractivity contribution in [1.82, 2.24) is 10.3 Å². The first kappa shape index (κ1) is 13.0. The summed E-state index contributed by atoms with van der Waals surface area (Å²) < 4.78 is 0. The molecule has 1 aliphatic rings. The van der Waals surface area contributed by atoms with Gasteiger partial charge in [-0.2, -0.15) is 0 Å². The number of pyridine rings is 1. The summed E-state index contributed by atoms with van der Waals surface area (Å²) in [4.78, 5) is 15.1. The topological polar surface area (TPSA) is 62.2 Å². The molecule has 0 aromatic carbocycles. The monoisotopic (exact) mass is 248 g/mol. The maximum absolute atomic E-state index is 11.2. The van der Waals surface area contributed by atoms with Gasteiger partial charge in [-0.3, -0.25) is 9.78 Å². The lowest BCUT2D eigenvalue weighted by molar-refractivity contribution is -0.144. The molecule has 0 radical (unpaired) electrons. The van der Waals surface area contributed by atoms with E-state index in [0.29, 0.717) is 0 Å². The number of carboxylic acid groups (broad SMARTS) is 1. The first-order valence-corrected chi connectivity index (χ1v) is 6.60. The van der Waals surface area contributed by atoms with Crippen molar-refractivity contribution < 1.29 is 9.90 Å². The Morgan fingerprint density at radius 3 is 2.78 bits per heavy atom. The Bertz CT molecular complexity index is 381. The molecule has 1 heterocycles. The van der Waals surface area contributed by atoms with Crippen LogP contribution in [-0.4, -0.2) is 22.6 Å². The largest absolute Gasteiger partial charge is 0.481 e. The number of carbonyl (C=O) groups is 1. The molecule has 4 heteroatoms. The first-order chi connectivity index (χ1) is 8.77. The first-order valence-electron chi connectivity index (χ1n) is 6.60. The summed E-state index contributed by atoms with van der Waals surface area (Å²) >= 11 is 0. The summed E-state index contributed by atoms with van der Waals surface area (Å²) in [6, 6.07) is 3.95. The van der Waals surface area contributed by atoms with E-state index < -0.39 is 5.97 Å². The van der Waals surface area contributed by atoms with Crippen LogP contribution in [0, 0.1) is 11.8 Å². The van der Waals surface area contributed by atoms with E-state index in [1.807, 2.05) is 12.1 Å². The van der Waals surface area contributed by atoms with E-state index in [2.05, 4.69) is 10.3 Å². The summed E-state index contributed by atoms with van der Waals surface area (Å²) in [6.45, 7) is 1.57. The number of nitrogens with zero attached hydrogens (tertiary/aromatic N) is 1. The van der Waals surface area contributed by atoms with Crippen molar-refractivity contribution in [2.24, 2.45) is 11.8 Å². The SMILES string of the molecule is O=C(O)C1CCCCC1CNCc1ccncc1. The van der Waals surface area contributed by atoms with Crippen LogP contribution in [0.1, 0.15) is 31.2 Å². The van der Waals surface area contributed by atoms with Crippen LogP contribution in [0.3, 0.4) is 0 Å². The summed E-state index contributed by atoms with van der Waals surface area (Å²) in [7, 11) is 0. The Morgan fingerprint density at radius 1 is 1.33 bits per heavy atom. The maximum atomic E-state index is 11.2. The standard InChI is InChI=1S/C14H20N2O2/c17-14(18)13-4-2-1-3-12(13)10-16-9-11-5-7-15-8-6-11/h5-8,12-13,16H,1-4,9-10H2,(H,17,18). The summed E-state index contributed by atoms with van der Waals surface area (Å²) in [5.41, 5.74) is 1.19. The van der Waals surface area contributed by atoms with Crippen LogP contribution in [0.15, 0.2) is 24.5 Å². The predicted molar refractivity (Wildman–Crippen MR) is 69.0 cm³/mol. The van der Waals surface area contributed by atoms with Gasteiger partial charge in [0, 0.05) is 18.9 Å². The van der Waals surface area contributed by atoms with Crippen LogP contribution in [0.25, 0.3) is 0 Å². The third kappa shape index (κ3) is 3.53. The van der Waals surface area contributed by atoms with Gasteiger partial charge in [0.05, 0.1) is 5.92 Å². The van der Waals surface area contributed by atoms with E-state index in [4.69, 9.17) is 0 Å². The highest BCUT2D eigenvalue weighted by atomic mass is 16.4. The number of carboxylic acids is 1. The molecule has 98 valence electrons. The quantitative estimate of drug-likeness (QED) is 0.837. The van der Waals surface area contributed by atoms with Gasteiger partial charge in [0.15, 0.2) is 0 Å². The second kappa shape index (κ2) is 6.50. The third-order valence-corrected chi connectivity index (χ3v) is 3.71. The Labute approximate surface area is 107 Å². The van der Waals surface area contributed by atoms with Gasteiger partial charge in [-0.1, -0.05) is 12.8 Å². The zero-order valence-electron chi connectivity index (χ0n) is 10.5. The van der Waals surface area contributed by atoms with Crippen LogP contribution in [0.5, 0.6) is 0 Å². The zero-order valence-corrected chi connectivity index (χ0v) is 10.5. The lowest BCUT2D eigenvalue weighted by atomic mass is 9.79. The van der Waals surface area contributed by atoms with E-state index in [0.717, 1.165) is 38.8 Å². The number of hydrogen-bond donors (Lipinski definition) is 2. The van der Waals surface area contributed by atoms with Gasteiger partial charge >= 0.3 is 5.97 Å². The summed E-state index contributed by atoms with van der Waals surface area (Å²) in [6.07, 6.45) is 7.62. The molecule has 1 aliphatic carbocycles. The number of aromatic nitrogens is 1. The van der Waals surface area contributed by atoms with Crippen molar-refractivity contribution in [2.45, 2.75) is 32.2 Å². The highest BCUT2D eigenvalue weighted by Crippen LogP contribution is 2.29. The van der Waals surface area contributed by atoms with Gasteiger partial charge in [-0.05, 0) is 43.0 Å². The van der Waals surface area contributed by atoms with Crippen LogP contribution >= 0.6 is 0 Å². The molecule has 18 heavy (non-hydrogen) atoms. The molecule has 4 nitrogen and oxygen atoms in total. The van der Waals surface area contributed by atoms with Gasteiger partial charge in [0.1, 0.15) is 0 Å². The summed E-state index contributed by atoms with van der Waals surface area (Å²) in [5, 5.41) is 12.6. The van der Waals surface area contributed by atoms with Gasteiger partial charge in [-0.15, -0.1) is 0 Å². The van der Waals surface area contributed by atoms with Crippen LogP contribution in [0.4, 0.5) is 0 Å². The molecule has 0 spiro atoms. The van der Waals surface area contributed by atoms with Gasteiger partial charge in [0.2, 0.25) is 0 Å². The van der Waals surface area contributed by atoms with Gasteiger partial charge in [-0.25, -0.2) is 0 Å². The Balaban J connectivity index is 1.79. The number of aliphatic carboxylic acids is 1. The molecule has 1 aromatic rings. The van der Waals surface area contributed by atoms with Crippen molar-refractivity contribution in [3.05, 3.63) is 30.1 Å². The van der Waals surface area contributed by atoms with Crippen molar-refractivity contribution in [1.29, 1.82) is 0 Å². The molecule has 1 saturated carbocycles. The van der Waals surface area contributed by atoms with Crippen LogP contribution in [0.2, 0.25) is 0 Å². The van der Waals surface area contributed by atoms with Crippen molar-refractivity contribution in [3.8, 4) is 0 Å². The number of hydrogen-bond acceptors (Lipinski definition) is 3. The third-order valence-electron chi connectivity index (χ3n) is 3.71. The highest BCUT2D eigenvalue weighted by molar-refractivity contribution is 5.70. The molecule has 1 fully saturated rings. The normalized spacial score (nSPS) is 23.8. The van der Waals surface area contributed by atoms with Crippen LogP contribution < -0.4 is 5.32 Å². The lowest BCUT2D eigenvalue weighted by Gasteiger charge is -2.28. The van der Waals surface area contributed by atoms with E-state index in [1.54, 1.807) is 12.4 Å².